The van der Waals surface area contributed by atoms with Crippen LogP contribution in [0.15, 0.2) is 78.9 Å². The van der Waals surface area contributed by atoms with E-state index < -0.39 is 29.9 Å². The third kappa shape index (κ3) is 9.38. The Morgan fingerprint density at radius 3 is 2.36 bits per heavy atom. The lowest BCUT2D eigenvalue weighted by molar-refractivity contribution is -0.139. The topological polar surface area (TPSA) is 117 Å². The molecule has 0 unspecified atom stereocenters. The lowest BCUT2D eigenvalue weighted by atomic mass is 10.0. The molecular formula is C35H41FN4O5. The molecule has 4 rings (SSSR count). The first kappa shape index (κ1) is 33.2. The van der Waals surface area contributed by atoms with E-state index in [-0.39, 0.29) is 55.1 Å². The maximum absolute atomic E-state index is 13.7. The zero-order valence-electron chi connectivity index (χ0n) is 25.9. The molecule has 0 saturated carbocycles. The number of amides is 4. The molecule has 3 atom stereocenters. The first-order valence-corrected chi connectivity index (χ1v) is 15.3. The molecule has 238 valence electrons. The van der Waals surface area contributed by atoms with Gasteiger partial charge in [0.25, 0.3) is 5.91 Å². The summed E-state index contributed by atoms with van der Waals surface area (Å²) >= 11 is 0. The summed E-state index contributed by atoms with van der Waals surface area (Å²) in [4.78, 5) is 55.5. The lowest BCUT2D eigenvalue weighted by Gasteiger charge is -2.31. The molecule has 4 amide bonds. The molecule has 1 aliphatic rings. The van der Waals surface area contributed by atoms with Gasteiger partial charge < -0.3 is 25.6 Å². The van der Waals surface area contributed by atoms with Crippen molar-refractivity contribution in [1.29, 1.82) is 0 Å². The number of hydrogen-bond donors (Lipinski definition) is 3. The highest BCUT2D eigenvalue weighted by molar-refractivity contribution is 5.99. The minimum absolute atomic E-state index is 0.00742. The second-order valence-corrected chi connectivity index (χ2v) is 11.6. The van der Waals surface area contributed by atoms with Crippen molar-refractivity contribution in [3.05, 3.63) is 101 Å². The van der Waals surface area contributed by atoms with Gasteiger partial charge in [-0.3, -0.25) is 19.2 Å². The van der Waals surface area contributed by atoms with Crippen LogP contribution in [0.5, 0.6) is 5.75 Å². The number of halogens is 1. The van der Waals surface area contributed by atoms with Crippen molar-refractivity contribution < 1.29 is 28.3 Å². The number of likely N-dealkylation sites (N-methyl/N-ethyl adjacent to an activating group) is 1. The molecule has 3 aromatic carbocycles. The largest absolute Gasteiger partial charge is 0.491 e. The van der Waals surface area contributed by atoms with Gasteiger partial charge in [-0.25, -0.2) is 4.39 Å². The summed E-state index contributed by atoms with van der Waals surface area (Å²) in [5.74, 6) is -1.67. The molecule has 10 heteroatoms. The van der Waals surface area contributed by atoms with Crippen molar-refractivity contribution in [2.75, 3.05) is 20.2 Å². The molecule has 1 aliphatic heterocycles. The smallest absolute Gasteiger partial charge is 0.255 e. The molecule has 45 heavy (non-hydrogen) atoms. The standard InChI is InChI=1S/C35H41FN4O5/c1-23(2)29-22-45-31-12-8-7-11-27(31)33(42)38-28(34(43)37-20-19-24-13-15-26(36)16-14-24)17-18-32(41)40(3)30(35(44)39-29)21-25-9-5-4-6-10-25/h4-16,23,28-30H,17-22H2,1-3H3,(H,37,43)(H,38,42)(H,39,44)/t28-,29-,30-/m0/s1. The maximum Gasteiger partial charge on any atom is 0.255 e. The fourth-order valence-corrected chi connectivity index (χ4v) is 5.11. The van der Waals surface area contributed by atoms with E-state index in [2.05, 4.69) is 16.0 Å². The van der Waals surface area contributed by atoms with Gasteiger partial charge in [0, 0.05) is 26.4 Å². The zero-order chi connectivity index (χ0) is 32.3. The van der Waals surface area contributed by atoms with Gasteiger partial charge in [0.2, 0.25) is 17.7 Å². The minimum Gasteiger partial charge on any atom is -0.491 e. The van der Waals surface area contributed by atoms with Crippen molar-refractivity contribution in [3.8, 4) is 5.75 Å². The van der Waals surface area contributed by atoms with E-state index in [0.717, 1.165) is 11.1 Å². The molecule has 0 aromatic heterocycles. The highest BCUT2D eigenvalue weighted by Crippen LogP contribution is 2.20. The van der Waals surface area contributed by atoms with E-state index in [9.17, 15) is 23.6 Å². The number of carbonyl (C=O) groups excluding carboxylic acids is 4. The first-order chi connectivity index (χ1) is 21.6. The van der Waals surface area contributed by atoms with Crippen LogP contribution in [-0.2, 0) is 27.2 Å². The van der Waals surface area contributed by atoms with Crippen LogP contribution in [0.25, 0.3) is 0 Å². The molecule has 0 fully saturated rings. The van der Waals surface area contributed by atoms with Crippen LogP contribution in [0, 0.1) is 11.7 Å². The number of nitrogens with zero attached hydrogens (tertiary/aromatic N) is 1. The van der Waals surface area contributed by atoms with Crippen molar-refractivity contribution in [1.82, 2.24) is 20.9 Å². The number of benzene rings is 3. The molecule has 3 aromatic rings. The molecule has 0 aliphatic carbocycles. The first-order valence-electron chi connectivity index (χ1n) is 15.3. The van der Waals surface area contributed by atoms with Gasteiger partial charge in [0.15, 0.2) is 0 Å². The molecular weight excluding hydrogens is 575 g/mol. The predicted octanol–water partition coefficient (Wildman–Crippen LogP) is 3.67. The van der Waals surface area contributed by atoms with E-state index >= 15 is 0 Å². The number of ether oxygens (including phenoxy) is 1. The molecule has 0 spiro atoms. The molecule has 0 bridgehead atoms. The van der Waals surface area contributed by atoms with Crippen LogP contribution in [0.1, 0.15) is 48.2 Å². The molecule has 3 N–H and O–H groups in total. The predicted molar refractivity (Wildman–Crippen MR) is 169 cm³/mol. The Bertz CT molecular complexity index is 1460. The van der Waals surface area contributed by atoms with Crippen molar-refractivity contribution >= 4 is 23.6 Å². The number of nitrogens with one attached hydrogen (secondary N) is 3. The van der Waals surface area contributed by atoms with Crippen molar-refractivity contribution in [2.45, 2.75) is 57.7 Å². The summed E-state index contributed by atoms with van der Waals surface area (Å²) in [6, 6.07) is 19.9. The number of fused-ring (bicyclic) bond motifs is 1. The highest BCUT2D eigenvalue weighted by Gasteiger charge is 2.32. The summed E-state index contributed by atoms with van der Waals surface area (Å²) in [7, 11) is 1.58. The Hall–Kier alpha value is -4.73. The van der Waals surface area contributed by atoms with Crippen LogP contribution in [0.2, 0.25) is 0 Å². The van der Waals surface area contributed by atoms with Gasteiger partial charge in [-0.1, -0.05) is 68.4 Å². The fourth-order valence-electron chi connectivity index (χ4n) is 5.11. The van der Waals surface area contributed by atoms with Gasteiger partial charge in [-0.2, -0.15) is 0 Å². The Kier molecular flexibility index (Phi) is 11.7. The van der Waals surface area contributed by atoms with Gasteiger partial charge in [-0.05, 0) is 54.2 Å². The van der Waals surface area contributed by atoms with Gasteiger partial charge in [-0.15, -0.1) is 0 Å². The van der Waals surface area contributed by atoms with Crippen molar-refractivity contribution in [2.24, 2.45) is 5.92 Å². The average Bonchev–Trinajstić information content (AvgIpc) is 3.04. The highest BCUT2D eigenvalue weighted by atomic mass is 19.1. The molecule has 0 saturated heterocycles. The average molecular weight is 617 g/mol. The van der Waals surface area contributed by atoms with Crippen LogP contribution < -0.4 is 20.7 Å². The van der Waals surface area contributed by atoms with E-state index in [4.69, 9.17) is 4.74 Å². The van der Waals surface area contributed by atoms with Crippen molar-refractivity contribution in [3.63, 3.8) is 0 Å². The summed E-state index contributed by atoms with van der Waals surface area (Å²) in [6.07, 6.45) is 0.678. The van der Waals surface area contributed by atoms with E-state index in [1.165, 1.54) is 17.0 Å². The number of carbonyl (C=O) groups is 4. The van der Waals surface area contributed by atoms with Crippen LogP contribution in [0.4, 0.5) is 4.39 Å². The second-order valence-electron chi connectivity index (χ2n) is 11.6. The normalized spacial score (nSPS) is 19.8. The third-order valence-corrected chi connectivity index (χ3v) is 8.01. The Balaban J connectivity index is 1.59. The molecule has 0 radical (unpaired) electrons. The Labute approximate surface area is 263 Å². The summed E-state index contributed by atoms with van der Waals surface area (Å²) < 4.78 is 19.4. The van der Waals surface area contributed by atoms with Crippen LogP contribution in [0.3, 0.4) is 0 Å². The number of rotatable bonds is 7. The van der Waals surface area contributed by atoms with Crippen LogP contribution >= 0.6 is 0 Å². The quantitative estimate of drug-likeness (QED) is 0.375. The van der Waals surface area contributed by atoms with Gasteiger partial charge in [0.1, 0.15) is 30.3 Å². The van der Waals surface area contributed by atoms with E-state index in [1.54, 1.807) is 43.4 Å². The van der Waals surface area contributed by atoms with Crippen LogP contribution in [-0.4, -0.2) is 66.9 Å². The molecule has 1 heterocycles. The molecule has 9 nitrogen and oxygen atoms in total. The SMILES string of the molecule is CC(C)[C@@H]1COc2ccccc2C(=O)N[C@H](C(=O)NCCc2ccc(F)cc2)CCC(=O)N(C)[C@@H](Cc2ccccc2)C(=O)N1. The number of para-hydroxylation sites is 1. The zero-order valence-corrected chi connectivity index (χ0v) is 25.9. The second kappa shape index (κ2) is 15.8. The summed E-state index contributed by atoms with van der Waals surface area (Å²) in [5, 5.41) is 8.70. The Morgan fingerprint density at radius 2 is 1.64 bits per heavy atom. The third-order valence-electron chi connectivity index (χ3n) is 8.01. The summed E-state index contributed by atoms with van der Waals surface area (Å²) in [6.45, 7) is 4.26. The minimum atomic E-state index is -1.04. The van der Waals surface area contributed by atoms with Gasteiger partial charge >= 0.3 is 0 Å². The lowest BCUT2D eigenvalue weighted by Crippen LogP contribution is -2.53. The summed E-state index contributed by atoms with van der Waals surface area (Å²) in [5.41, 5.74) is 1.97. The number of hydrogen-bond acceptors (Lipinski definition) is 5. The van der Waals surface area contributed by atoms with E-state index in [0.29, 0.717) is 18.6 Å². The van der Waals surface area contributed by atoms with Gasteiger partial charge in [0.05, 0.1) is 11.6 Å². The fraction of sp³-hybridized carbons (Fsp3) is 0.371. The Morgan fingerprint density at radius 1 is 0.956 bits per heavy atom. The van der Waals surface area contributed by atoms with E-state index in [1.807, 2.05) is 44.2 Å². The maximum atomic E-state index is 13.7. The monoisotopic (exact) mass is 616 g/mol.